The number of aliphatic hydroxyl groups excluding tert-OH is 2. The van der Waals surface area contributed by atoms with Gasteiger partial charge in [0.2, 0.25) is 0 Å². The molecule has 0 saturated carbocycles. The van der Waals surface area contributed by atoms with E-state index >= 15 is 0 Å². The Bertz CT molecular complexity index is 318. The maximum absolute atomic E-state index is 9.70. The minimum absolute atomic E-state index is 0.297. The Hall–Kier alpha value is -0.940. The molecule has 0 aliphatic rings. The van der Waals surface area contributed by atoms with E-state index in [1.807, 2.05) is 37.3 Å². The van der Waals surface area contributed by atoms with Gasteiger partial charge in [0.05, 0.1) is 25.4 Å². The van der Waals surface area contributed by atoms with Crippen molar-refractivity contribution in [3.05, 3.63) is 35.9 Å². The van der Waals surface area contributed by atoms with Gasteiger partial charge in [0.15, 0.2) is 0 Å². The number of hydrogen-bond donors (Lipinski definition) is 3. The standard InChI is InChI=1S/C15H25NO3/c1-2-6-14(17)9-16-10-15(18)12-19-11-13-7-4-3-5-8-13/h3-5,7-8,14-18H,2,6,9-12H2,1H3. The van der Waals surface area contributed by atoms with Crippen molar-refractivity contribution in [1.29, 1.82) is 0 Å². The van der Waals surface area contributed by atoms with Gasteiger partial charge in [0.1, 0.15) is 0 Å². The van der Waals surface area contributed by atoms with Crippen LogP contribution in [-0.4, -0.2) is 42.1 Å². The highest BCUT2D eigenvalue weighted by Gasteiger charge is 2.06. The zero-order chi connectivity index (χ0) is 13.9. The predicted octanol–water partition coefficient (Wildman–Crippen LogP) is 1.31. The topological polar surface area (TPSA) is 61.7 Å². The molecular weight excluding hydrogens is 242 g/mol. The van der Waals surface area contributed by atoms with Crippen LogP contribution in [0.3, 0.4) is 0 Å². The lowest BCUT2D eigenvalue weighted by molar-refractivity contribution is 0.0272. The van der Waals surface area contributed by atoms with Gasteiger partial charge in [-0.2, -0.15) is 0 Å². The average molecular weight is 267 g/mol. The van der Waals surface area contributed by atoms with Crippen molar-refractivity contribution >= 4 is 0 Å². The van der Waals surface area contributed by atoms with Crippen molar-refractivity contribution in [2.45, 2.75) is 38.6 Å². The molecule has 108 valence electrons. The third-order valence-electron chi connectivity index (χ3n) is 2.80. The summed E-state index contributed by atoms with van der Waals surface area (Å²) in [4.78, 5) is 0. The summed E-state index contributed by atoms with van der Waals surface area (Å²) in [6.45, 7) is 3.80. The molecule has 1 aromatic rings. The van der Waals surface area contributed by atoms with Crippen LogP contribution in [0, 0.1) is 0 Å². The molecule has 0 fully saturated rings. The Balaban J connectivity index is 2.03. The molecule has 1 aromatic carbocycles. The molecule has 0 spiro atoms. The molecule has 0 saturated heterocycles. The van der Waals surface area contributed by atoms with E-state index in [9.17, 15) is 10.2 Å². The summed E-state index contributed by atoms with van der Waals surface area (Å²) in [6.07, 6.45) is 0.874. The third-order valence-corrected chi connectivity index (χ3v) is 2.80. The first-order chi connectivity index (χ1) is 9.22. The first-order valence-corrected chi connectivity index (χ1v) is 6.91. The van der Waals surface area contributed by atoms with Gasteiger partial charge in [-0.1, -0.05) is 43.7 Å². The zero-order valence-electron chi connectivity index (χ0n) is 11.6. The van der Waals surface area contributed by atoms with Gasteiger partial charge in [-0.25, -0.2) is 0 Å². The van der Waals surface area contributed by atoms with Gasteiger partial charge < -0.3 is 20.3 Å². The molecule has 4 nitrogen and oxygen atoms in total. The van der Waals surface area contributed by atoms with E-state index in [1.54, 1.807) is 0 Å². The largest absolute Gasteiger partial charge is 0.392 e. The van der Waals surface area contributed by atoms with Gasteiger partial charge >= 0.3 is 0 Å². The average Bonchev–Trinajstić information content (AvgIpc) is 2.40. The Morgan fingerprint density at radius 1 is 1.11 bits per heavy atom. The van der Waals surface area contributed by atoms with E-state index in [1.165, 1.54) is 0 Å². The monoisotopic (exact) mass is 267 g/mol. The molecule has 0 aliphatic carbocycles. The Kier molecular flexibility index (Phi) is 8.41. The lowest BCUT2D eigenvalue weighted by atomic mass is 10.2. The zero-order valence-corrected chi connectivity index (χ0v) is 11.6. The molecule has 0 bridgehead atoms. The fraction of sp³-hybridized carbons (Fsp3) is 0.600. The van der Waals surface area contributed by atoms with Crippen molar-refractivity contribution in [1.82, 2.24) is 5.32 Å². The predicted molar refractivity (Wildman–Crippen MR) is 75.9 cm³/mol. The second-order valence-corrected chi connectivity index (χ2v) is 4.76. The maximum atomic E-state index is 9.70. The van der Waals surface area contributed by atoms with E-state index in [2.05, 4.69) is 5.32 Å². The molecule has 0 radical (unpaired) electrons. The fourth-order valence-corrected chi connectivity index (χ4v) is 1.80. The van der Waals surface area contributed by atoms with Crippen LogP contribution < -0.4 is 5.32 Å². The Morgan fingerprint density at radius 2 is 1.79 bits per heavy atom. The molecule has 2 unspecified atom stereocenters. The summed E-state index contributed by atoms with van der Waals surface area (Å²) in [5, 5.41) is 22.3. The van der Waals surface area contributed by atoms with Crippen LogP contribution in [0.1, 0.15) is 25.3 Å². The highest BCUT2D eigenvalue weighted by molar-refractivity contribution is 5.13. The summed E-state index contributed by atoms with van der Waals surface area (Å²) in [5.74, 6) is 0. The van der Waals surface area contributed by atoms with Gasteiger partial charge in [-0.15, -0.1) is 0 Å². The lowest BCUT2D eigenvalue weighted by Crippen LogP contribution is -2.35. The first kappa shape index (κ1) is 16.1. The summed E-state index contributed by atoms with van der Waals surface area (Å²) in [7, 11) is 0. The smallest absolute Gasteiger partial charge is 0.0897 e. The first-order valence-electron chi connectivity index (χ1n) is 6.91. The number of benzene rings is 1. The van der Waals surface area contributed by atoms with Crippen molar-refractivity contribution in [3.63, 3.8) is 0 Å². The molecule has 3 N–H and O–H groups in total. The minimum atomic E-state index is -0.544. The summed E-state index contributed by atoms with van der Waals surface area (Å²) in [5.41, 5.74) is 1.10. The quantitative estimate of drug-likeness (QED) is 0.598. The van der Waals surface area contributed by atoms with E-state index in [4.69, 9.17) is 4.74 Å². The third kappa shape index (κ3) is 7.95. The van der Waals surface area contributed by atoms with Crippen LogP contribution in [0.5, 0.6) is 0 Å². The molecule has 4 heteroatoms. The molecule has 0 aliphatic heterocycles. The number of aliphatic hydroxyl groups is 2. The molecule has 2 atom stereocenters. The van der Waals surface area contributed by atoms with Crippen molar-refractivity contribution in [2.75, 3.05) is 19.7 Å². The molecule has 19 heavy (non-hydrogen) atoms. The van der Waals surface area contributed by atoms with E-state index in [0.29, 0.717) is 26.3 Å². The molecule has 1 rings (SSSR count). The Labute approximate surface area is 115 Å². The second-order valence-electron chi connectivity index (χ2n) is 4.76. The van der Waals surface area contributed by atoms with Crippen molar-refractivity contribution < 1.29 is 14.9 Å². The van der Waals surface area contributed by atoms with Crippen LogP contribution in [0.4, 0.5) is 0 Å². The normalized spacial score (nSPS) is 14.3. The van der Waals surface area contributed by atoms with Crippen LogP contribution in [0.2, 0.25) is 0 Å². The second kappa shape index (κ2) is 9.92. The van der Waals surface area contributed by atoms with Gasteiger partial charge in [-0.05, 0) is 12.0 Å². The van der Waals surface area contributed by atoms with Crippen LogP contribution >= 0.6 is 0 Å². The maximum Gasteiger partial charge on any atom is 0.0897 e. The SMILES string of the molecule is CCCC(O)CNCC(O)COCc1ccccc1. The van der Waals surface area contributed by atoms with Crippen molar-refractivity contribution in [2.24, 2.45) is 0 Å². The number of rotatable bonds is 10. The van der Waals surface area contributed by atoms with Gasteiger partial charge in [-0.3, -0.25) is 0 Å². The van der Waals surface area contributed by atoms with E-state index in [-0.39, 0.29) is 6.10 Å². The molecule has 0 heterocycles. The molecule has 0 amide bonds. The highest BCUT2D eigenvalue weighted by atomic mass is 16.5. The van der Waals surface area contributed by atoms with Crippen LogP contribution in [-0.2, 0) is 11.3 Å². The van der Waals surface area contributed by atoms with E-state index < -0.39 is 6.10 Å². The summed E-state index contributed by atoms with van der Waals surface area (Å²) >= 11 is 0. The molecule has 0 aromatic heterocycles. The highest BCUT2D eigenvalue weighted by Crippen LogP contribution is 2.01. The number of ether oxygens (including phenoxy) is 1. The van der Waals surface area contributed by atoms with Gasteiger partial charge in [0, 0.05) is 13.1 Å². The van der Waals surface area contributed by atoms with Crippen LogP contribution in [0.15, 0.2) is 30.3 Å². The minimum Gasteiger partial charge on any atom is -0.392 e. The Morgan fingerprint density at radius 3 is 2.47 bits per heavy atom. The summed E-state index contributed by atoms with van der Waals surface area (Å²) in [6, 6.07) is 9.87. The lowest BCUT2D eigenvalue weighted by Gasteiger charge is -2.14. The van der Waals surface area contributed by atoms with Crippen molar-refractivity contribution in [3.8, 4) is 0 Å². The molecular formula is C15H25NO3. The van der Waals surface area contributed by atoms with Gasteiger partial charge in [0.25, 0.3) is 0 Å². The van der Waals surface area contributed by atoms with Crippen LogP contribution in [0.25, 0.3) is 0 Å². The van der Waals surface area contributed by atoms with E-state index in [0.717, 1.165) is 18.4 Å². The number of hydrogen-bond acceptors (Lipinski definition) is 4. The fourth-order valence-electron chi connectivity index (χ4n) is 1.80. The number of nitrogens with one attached hydrogen (secondary N) is 1. The summed E-state index contributed by atoms with van der Waals surface area (Å²) < 4.78 is 5.43.